The van der Waals surface area contributed by atoms with E-state index in [1.165, 1.54) is 5.56 Å². The largest absolute Gasteiger partial charge is 0.379 e. The Kier molecular flexibility index (Phi) is 7.63. The summed E-state index contributed by atoms with van der Waals surface area (Å²) in [5.74, 6) is 0.864. The van der Waals surface area contributed by atoms with Gasteiger partial charge in [0, 0.05) is 18.8 Å². The van der Waals surface area contributed by atoms with Gasteiger partial charge in [0.05, 0.1) is 23.6 Å². The van der Waals surface area contributed by atoms with Crippen LogP contribution in [0.15, 0.2) is 29.2 Å². The molecule has 39 heavy (non-hydrogen) atoms. The SMILES string of the molecule is Cc1nc(OS(=O)(=O)c2c(C(C)C)cc(C(C)C)cc2C(C)C)c2cc3c(cc2n1)CCN3C1CCCOC1. The molecule has 8 heteroatoms. The summed E-state index contributed by atoms with van der Waals surface area (Å²) in [6, 6.07) is 8.46. The van der Waals surface area contributed by atoms with E-state index in [-0.39, 0.29) is 28.5 Å². The molecule has 2 aromatic carbocycles. The Morgan fingerprint density at radius 2 is 1.67 bits per heavy atom. The molecule has 5 rings (SSSR count). The van der Waals surface area contributed by atoms with Crippen LogP contribution in [0.4, 0.5) is 5.69 Å². The fourth-order valence-corrected chi connectivity index (χ4v) is 7.44. The molecule has 1 aromatic heterocycles. The molecule has 0 bridgehead atoms. The lowest BCUT2D eigenvalue weighted by molar-refractivity contribution is 0.0798. The highest BCUT2D eigenvalue weighted by Crippen LogP contribution is 2.40. The van der Waals surface area contributed by atoms with Crippen molar-refractivity contribution in [1.29, 1.82) is 0 Å². The molecule has 0 N–H and O–H groups in total. The molecule has 0 aliphatic carbocycles. The van der Waals surface area contributed by atoms with Crippen molar-refractivity contribution in [1.82, 2.24) is 9.97 Å². The van der Waals surface area contributed by atoms with Gasteiger partial charge in [0.2, 0.25) is 5.88 Å². The van der Waals surface area contributed by atoms with Crippen LogP contribution >= 0.6 is 0 Å². The minimum Gasteiger partial charge on any atom is -0.379 e. The van der Waals surface area contributed by atoms with Gasteiger partial charge in [-0.1, -0.05) is 53.7 Å². The third kappa shape index (κ3) is 5.38. The molecule has 0 saturated carbocycles. The predicted octanol–water partition coefficient (Wildman–Crippen LogP) is 6.62. The summed E-state index contributed by atoms with van der Waals surface area (Å²) in [5, 5.41) is 0.613. The molecule has 1 saturated heterocycles. The molecule has 7 nitrogen and oxygen atoms in total. The van der Waals surface area contributed by atoms with Gasteiger partial charge in [-0.2, -0.15) is 13.4 Å². The molecule has 210 valence electrons. The first-order chi connectivity index (χ1) is 18.5. The number of rotatable bonds is 7. The third-order valence-electron chi connectivity index (χ3n) is 8.00. The second-order valence-corrected chi connectivity index (χ2v) is 13.4. The van der Waals surface area contributed by atoms with Crippen LogP contribution in [0.2, 0.25) is 0 Å². The van der Waals surface area contributed by atoms with E-state index < -0.39 is 10.1 Å². The molecule has 3 aromatic rings. The number of ether oxygens (including phenoxy) is 1. The van der Waals surface area contributed by atoms with E-state index in [2.05, 4.69) is 34.8 Å². The summed E-state index contributed by atoms with van der Waals surface area (Å²) in [5.41, 5.74) is 5.71. The fraction of sp³-hybridized carbons (Fsp3) is 0.548. The van der Waals surface area contributed by atoms with Crippen LogP contribution in [-0.2, 0) is 21.3 Å². The average Bonchev–Trinajstić information content (AvgIpc) is 3.29. The topological polar surface area (TPSA) is 81.6 Å². The van der Waals surface area contributed by atoms with Gasteiger partial charge in [-0.15, -0.1) is 0 Å². The van der Waals surface area contributed by atoms with E-state index in [0.717, 1.165) is 54.8 Å². The molecule has 0 radical (unpaired) electrons. The van der Waals surface area contributed by atoms with Crippen molar-refractivity contribution in [3.8, 4) is 5.88 Å². The zero-order valence-electron chi connectivity index (χ0n) is 24.2. The lowest BCUT2D eigenvalue weighted by atomic mass is 9.89. The van der Waals surface area contributed by atoms with E-state index in [9.17, 15) is 8.42 Å². The number of nitrogens with zero attached hydrogens (tertiary/aromatic N) is 3. The fourth-order valence-electron chi connectivity index (χ4n) is 5.86. The van der Waals surface area contributed by atoms with E-state index in [1.54, 1.807) is 6.92 Å². The van der Waals surface area contributed by atoms with Crippen molar-refractivity contribution in [2.45, 2.75) is 96.4 Å². The molecular formula is C31H41N3O4S. The highest BCUT2D eigenvalue weighted by molar-refractivity contribution is 7.87. The van der Waals surface area contributed by atoms with Crippen LogP contribution in [0.5, 0.6) is 5.88 Å². The van der Waals surface area contributed by atoms with Crippen LogP contribution in [0.3, 0.4) is 0 Å². The van der Waals surface area contributed by atoms with Gasteiger partial charge in [-0.25, -0.2) is 4.98 Å². The van der Waals surface area contributed by atoms with Crippen molar-refractivity contribution in [3.05, 3.63) is 52.3 Å². The Labute approximate surface area is 233 Å². The van der Waals surface area contributed by atoms with Crippen LogP contribution in [-0.4, -0.2) is 44.2 Å². The first-order valence-electron chi connectivity index (χ1n) is 14.2. The molecule has 2 aliphatic rings. The highest BCUT2D eigenvalue weighted by atomic mass is 32.2. The van der Waals surface area contributed by atoms with E-state index >= 15 is 0 Å². The van der Waals surface area contributed by atoms with Gasteiger partial charge in [-0.05, 0) is 78.3 Å². The Bertz CT molecular complexity index is 1460. The maximum Gasteiger partial charge on any atom is 0.341 e. The summed E-state index contributed by atoms with van der Waals surface area (Å²) in [4.78, 5) is 11.8. The smallest absolute Gasteiger partial charge is 0.341 e. The van der Waals surface area contributed by atoms with Gasteiger partial charge in [0.15, 0.2) is 0 Å². The maximum absolute atomic E-state index is 14.1. The Hall–Kier alpha value is -2.71. The average molecular weight is 552 g/mol. The van der Waals surface area contributed by atoms with Crippen molar-refractivity contribution >= 4 is 26.7 Å². The summed E-state index contributed by atoms with van der Waals surface area (Å²) < 4.78 is 40.0. The van der Waals surface area contributed by atoms with Crippen molar-refractivity contribution in [2.24, 2.45) is 0 Å². The minimum atomic E-state index is -4.19. The summed E-state index contributed by atoms with van der Waals surface area (Å²) in [6.45, 7) is 16.6. The van der Waals surface area contributed by atoms with Crippen molar-refractivity contribution < 1.29 is 17.3 Å². The number of anilines is 1. The molecule has 2 aliphatic heterocycles. The second-order valence-electron chi connectivity index (χ2n) is 11.9. The monoisotopic (exact) mass is 551 g/mol. The van der Waals surface area contributed by atoms with Crippen molar-refractivity contribution in [3.63, 3.8) is 0 Å². The number of aromatic nitrogens is 2. The lowest BCUT2D eigenvalue weighted by Crippen LogP contribution is -2.40. The molecule has 3 heterocycles. The summed E-state index contributed by atoms with van der Waals surface area (Å²) in [6.07, 6.45) is 3.06. The number of aryl methyl sites for hydroxylation is 1. The van der Waals surface area contributed by atoms with Gasteiger partial charge < -0.3 is 13.8 Å². The van der Waals surface area contributed by atoms with Gasteiger partial charge in [0.25, 0.3) is 0 Å². The third-order valence-corrected chi connectivity index (χ3v) is 9.35. The highest BCUT2D eigenvalue weighted by Gasteiger charge is 2.32. The van der Waals surface area contributed by atoms with Crippen LogP contribution < -0.4 is 9.08 Å². The maximum atomic E-state index is 14.1. The molecule has 1 fully saturated rings. The quantitative estimate of drug-likeness (QED) is 0.305. The minimum absolute atomic E-state index is 0.00740. The van der Waals surface area contributed by atoms with Crippen LogP contribution in [0.1, 0.15) is 100 Å². The Morgan fingerprint density at radius 1 is 0.974 bits per heavy atom. The number of hydrogen-bond donors (Lipinski definition) is 0. The second kappa shape index (κ2) is 10.7. The van der Waals surface area contributed by atoms with Crippen molar-refractivity contribution in [2.75, 3.05) is 24.7 Å². The number of hydrogen-bond acceptors (Lipinski definition) is 7. The van der Waals surface area contributed by atoms with Crippen LogP contribution in [0, 0.1) is 6.92 Å². The Balaban J connectivity index is 1.63. The molecule has 1 atom stereocenters. The van der Waals surface area contributed by atoms with Gasteiger partial charge in [-0.3, -0.25) is 0 Å². The summed E-state index contributed by atoms with van der Waals surface area (Å²) in [7, 11) is -4.19. The summed E-state index contributed by atoms with van der Waals surface area (Å²) >= 11 is 0. The molecule has 0 amide bonds. The van der Waals surface area contributed by atoms with Crippen LogP contribution in [0.25, 0.3) is 10.9 Å². The predicted molar refractivity (Wildman–Crippen MR) is 156 cm³/mol. The molecular weight excluding hydrogens is 510 g/mol. The zero-order chi connectivity index (χ0) is 28.1. The standard InChI is InChI=1S/C31H41N3O4S/c1-18(2)23-13-25(19(3)4)30(26(14-23)20(5)6)39(35,36)38-31-27-16-29-22(15-28(27)32-21(7)33-31)10-11-34(29)24-9-8-12-37-17-24/h13-16,18-20,24H,8-12,17H2,1-7H3. The van der Waals surface area contributed by atoms with E-state index in [0.29, 0.717) is 29.4 Å². The van der Waals surface area contributed by atoms with Gasteiger partial charge in [0.1, 0.15) is 10.7 Å². The first kappa shape index (κ1) is 27.8. The van der Waals surface area contributed by atoms with E-state index in [4.69, 9.17) is 8.92 Å². The molecule has 0 spiro atoms. The number of fused-ring (bicyclic) bond motifs is 2. The lowest BCUT2D eigenvalue weighted by Gasteiger charge is -2.33. The van der Waals surface area contributed by atoms with Gasteiger partial charge >= 0.3 is 10.1 Å². The Morgan fingerprint density at radius 3 is 2.26 bits per heavy atom. The molecule has 1 unspecified atom stereocenters. The normalized spacial score (nSPS) is 18.0. The zero-order valence-corrected chi connectivity index (χ0v) is 25.1. The number of benzene rings is 2. The first-order valence-corrected chi connectivity index (χ1v) is 15.6. The van der Waals surface area contributed by atoms with E-state index in [1.807, 2.05) is 45.9 Å².